The highest BCUT2D eigenvalue weighted by Gasteiger charge is 2.12. The second-order valence-corrected chi connectivity index (χ2v) is 5.47. The molecule has 0 atom stereocenters. The van der Waals surface area contributed by atoms with Crippen molar-refractivity contribution in [1.29, 1.82) is 0 Å². The number of hydrogen-bond acceptors (Lipinski definition) is 6. The third-order valence-electron chi connectivity index (χ3n) is 3.47. The number of rotatable bonds is 1. The Kier molecular flexibility index (Phi) is 3.07. The predicted molar refractivity (Wildman–Crippen MR) is 87.3 cm³/mol. The molecule has 0 radical (unpaired) electrons. The Labute approximate surface area is 136 Å². The smallest absolute Gasteiger partial charge is 0.345 e. The Morgan fingerprint density at radius 2 is 1.83 bits per heavy atom. The van der Waals surface area contributed by atoms with Gasteiger partial charge in [0, 0.05) is 10.4 Å². The summed E-state index contributed by atoms with van der Waals surface area (Å²) < 4.78 is 5.24. The molecule has 118 valence electrons. The average Bonchev–Trinajstić information content (AvgIpc) is 2.54. The molecule has 0 fully saturated rings. The lowest BCUT2D eigenvalue weighted by molar-refractivity contribution is 0.563. The number of benzene rings is 1. The zero-order valence-corrected chi connectivity index (χ0v) is 12.5. The van der Waals surface area contributed by atoms with E-state index in [9.17, 15) is 14.4 Å². The maximum absolute atomic E-state index is 12.2. The number of H-pyrrole nitrogens is 2. The minimum absolute atomic E-state index is 0.0284. The van der Waals surface area contributed by atoms with Crippen LogP contribution in [0.25, 0.3) is 33.3 Å². The average molecular weight is 343 g/mol. The molecule has 1 aromatic carbocycles. The normalized spacial score (nSPS) is 11.2. The summed E-state index contributed by atoms with van der Waals surface area (Å²) in [5.74, 6) is 0. The monoisotopic (exact) mass is 342 g/mol. The lowest BCUT2D eigenvalue weighted by Gasteiger charge is -2.03. The number of hydrogen-bond donors (Lipinski definition) is 2. The van der Waals surface area contributed by atoms with Crippen molar-refractivity contribution >= 4 is 33.6 Å². The van der Waals surface area contributed by atoms with Crippen LogP contribution >= 0.6 is 11.6 Å². The van der Waals surface area contributed by atoms with Crippen LogP contribution in [0.5, 0.6) is 0 Å². The van der Waals surface area contributed by atoms with Crippen LogP contribution in [0, 0.1) is 0 Å². The third kappa shape index (κ3) is 2.29. The van der Waals surface area contributed by atoms with E-state index in [0.29, 0.717) is 16.0 Å². The zero-order valence-electron chi connectivity index (χ0n) is 11.8. The third-order valence-corrected chi connectivity index (χ3v) is 3.70. The maximum atomic E-state index is 12.2. The van der Waals surface area contributed by atoms with Gasteiger partial charge >= 0.3 is 11.3 Å². The van der Waals surface area contributed by atoms with E-state index in [-0.39, 0.29) is 22.3 Å². The first kappa shape index (κ1) is 14.3. The van der Waals surface area contributed by atoms with Crippen LogP contribution in [0.1, 0.15) is 0 Å². The van der Waals surface area contributed by atoms with E-state index >= 15 is 0 Å². The first-order chi connectivity index (χ1) is 11.5. The van der Waals surface area contributed by atoms with E-state index in [1.54, 1.807) is 24.3 Å². The molecule has 0 unspecified atom stereocenters. The van der Waals surface area contributed by atoms with E-state index in [2.05, 4.69) is 20.2 Å². The molecule has 8 nitrogen and oxygen atoms in total. The molecule has 0 aliphatic carbocycles. The van der Waals surface area contributed by atoms with Crippen LogP contribution in [-0.2, 0) is 0 Å². The second kappa shape index (κ2) is 5.14. The molecule has 0 aliphatic heterocycles. The van der Waals surface area contributed by atoms with Gasteiger partial charge in [0.15, 0.2) is 5.65 Å². The summed E-state index contributed by atoms with van der Waals surface area (Å²) in [6.45, 7) is 0. The van der Waals surface area contributed by atoms with Gasteiger partial charge in [0.25, 0.3) is 5.56 Å². The Morgan fingerprint density at radius 1 is 1.00 bits per heavy atom. The van der Waals surface area contributed by atoms with Crippen LogP contribution in [0.3, 0.4) is 0 Å². The Hall–Kier alpha value is -3.26. The Morgan fingerprint density at radius 3 is 2.67 bits per heavy atom. The van der Waals surface area contributed by atoms with Gasteiger partial charge in [-0.15, -0.1) is 10.2 Å². The summed E-state index contributed by atoms with van der Waals surface area (Å²) in [5, 5.41) is 8.86. The first-order valence-electron chi connectivity index (χ1n) is 6.75. The fourth-order valence-electron chi connectivity index (χ4n) is 2.37. The molecule has 0 saturated heterocycles. The lowest BCUT2D eigenvalue weighted by atomic mass is 10.1. The molecule has 24 heavy (non-hydrogen) atoms. The molecule has 0 aliphatic rings. The van der Waals surface area contributed by atoms with E-state index in [1.807, 2.05) is 0 Å². The molecular weight excluding hydrogens is 336 g/mol. The molecule has 0 saturated carbocycles. The maximum Gasteiger partial charge on any atom is 0.345 e. The molecule has 4 rings (SSSR count). The lowest BCUT2D eigenvalue weighted by Crippen LogP contribution is -2.22. The quantitative estimate of drug-likeness (QED) is 0.505. The summed E-state index contributed by atoms with van der Waals surface area (Å²) in [6.07, 6.45) is 0. The largest absolute Gasteiger partial charge is 0.422 e. The highest BCUT2D eigenvalue weighted by molar-refractivity contribution is 6.31. The van der Waals surface area contributed by atoms with Crippen LogP contribution in [0.4, 0.5) is 0 Å². The van der Waals surface area contributed by atoms with E-state index < -0.39 is 16.9 Å². The highest BCUT2D eigenvalue weighted by atomic mass is 35.5. The van der Waals surface area contributed by atoms with Crippen LogP contribution in [0.15, 0.2) is 49.1 Å². The first-order valence-corrected chi connectivity index (χ1v) is 7.13. The Bertz CT molecular complexity index is 1290. The van der Waals surface area contributed by atoms with E-state index in [4.69, 9.17) is 16.0 Å². The Balaban J connectivity index is 2.02. The van der Waals surface area contributed by atoms with Crippen LogP contribution < -0.4 is 16.9 Å². The molecule has 9 heteroatoms. The standard InChI is InChI=1S/C15H7ClN4O4/c16-7-1-2-11-6(3-7)4-8(14(22)24-11)10-5-9-12(20-19-10)17-15(23)18-13(9)21/h1-5H,(H2,17,18,20,21,23). The fraction of sp³-hybridized carbons (Fsp3) is 0. The number of halogens is 1. The van der Waals surface area contributed by atoms with Gasteiger partial charge in [-0.25, -0.2) is 9.59 Å². The van der Waals surface area contributed by atoms with Crippen molar-refractivity contribution in [3.8, 4) is 11.3 Å². The van der Waals surface area contributed by atoms with Gasteiger partial charge in [0.05, 0.1) is 10.9 Å². The molecule has 0 amide bonds. The van der Waals surface area contributed by atoms with Gasteiger partial charge in [-0.05, 0) is 30.3 Å². The molecule has 3 heterocycles. The SMILES string of the molecule is O=c1[nH]c(=O)c2cc(-c3cc4cc(Cl)ccc4oc3=O)nnc2[nH]1. The summed E-state index contributed by atoms with van der Waals surface area (Å²) in [4.78, 5) is 39.7. The summed E-state index contributed by atoms with van der Waals surface area (Å²) in [5.41, 5.74) is -1.25. The minimum Gasteiger partial charge on any atom is -0.422 e. The van der Waals surface area contributed by atoms with Crippen molar-refractivity contribution in [2.45, 2.75) is 0 Å². The van der Waals surface area contributed by atoms with Gasteiger partial charge < -0.3 is 4.42 Å². The van der Waals surface area contributed by atoms with Crippen molar-refractivity contribution < 1.29 is 4.42 Å². The van der Waals surface area contributed by atoms with Crippen LogP contribution in [-0.4, -0.2) is 20.2 Å². The summed E-state index contributed by atoms with van der Waals surface area (Å²) in [6, 6.07) is 7.76. The van der Waals surface area contributed by atoms with Crippen LogP contribution in [0.2, 0.25) is 5.02 Å². The van der Waals surface area contributed by atoms with Gasteiger partial charge in [0.2, 0.25) is 0 Å². The molecule has 3 aromatic heterocycles. The zero-order chi connectivity index (χ0) is 16.8. The fourth-order valence-corrected chi connectivity index (χ4v) is 2.55. The second-order valence-electron chi connectivity index (χ2n) is 5.03. The minimum atomic E-state index is -0.686. The number of aromatic nitrogens is 4. The summed E-state index contributed by atoms with van der Waals surface area (Å²) >= 11 is 5.94. The van der Waals surface area contributed by atoms with Crippen molar-refractivity contribution in [1.82, 2.24) is 20.2 Å². The predicted octanol–water partition coefficient (Wildman–Crippen LogP) is 1.43. The van der Waals surface area contributed by atoms with E-state index in [0.717, 1.165) is 0 Å². The topological polar surface area (TPSA) is 122 Å². The number of nitrogens with one attached hydrogen (secondary N) is 2. The number of nitrogens with zero attached hydrogens (tertiary/aromatic N) is 2. The molecule has 4 aromatic rings. The van der Waals surface area contributed by atoms with Gasteiger partial charge in [-0.1, -0.05) is 11.6 Å². The van der Waals surface area contributed by atoms with Crippen molar-refractivity contribution in [2.24, 2.45) is 0 Å². The van der Waals surface area contributed by atoms with Crippen molar-refractivity contribution in [3.05, 3.63) is 66.6 Å². The van der Waals surface area contributed by atoms with Crippen molar-refractivity contribution in [2.75, 3.05) is 0 Å². The van der Waals surface area contributed by atoms with Crippen molar-refractivity contribution in [3.63, 3.8) is 0 Å². The summed E-state index contributed by atoms with van der Waals surface area (Å²) in [7, 11) is 0. The van der Waals surface area contributed by atoms with E-state index in [1.165, 1.54) is 6.07 Å². The molecule has 0 bridgehead atoms. The number of aromatic amines is 2. The number of fused-ring (bicyclic) bond motifs is 2. The van der Waals surface area contributed by atoms with Gasteiger partial charge in [-0.2, -0.15) is 0 Å². The van der Waals surface area contributed by atoms with Gasteiger partial charge in [-0.3, -0.25) is 14.8 Å². The highest BCUT2D eigenvalue weighted by Crippen LogP contribution is 2.22. The van der Waals surface area contributed by atoms with Gasteiger partial charge in [0.1, 0.15) is 11.3 Å². The molecule has 0 spiro atoms. The molecule has 2 N–H and O–H groups in total. The molecular formula is C15H7ClN4O4.